The van der Waals surface area contributed by atoms with Crippen molar-refractivity contribution >= 4 is 10.0 Å². The van der Waals surface area contributed by atoms with Gasteiger partial charge in [0.1, 0.15) is 18.0 Å². The van der Waals surface area contributed by atoms with Crippen LogP contribution < -0.4 is 4.74 Å². The van der Waals surface area contributed by atoms with Crippen molar-refractivity contribution in [1.82, 2.24) is 23.8 Å². The predicted molar refractivity (Wildman–Crippen MR) is 87.1 cm³/mol. The van der Waals surface area contributed by atoms with Crippen LogP contribution in [0.3, 0.4) is 0 Å². The summed E-state index contributed by atoms with van der Waals surface area (Å²) in [4.78, 5) is 12.0. The van der Waals surface area contributed by atoms with E-state index in [4.69, 9.17) is 10.00 Å². The number of hydrogen-bond acceptors (Lipinski definition) is 7. The number of piperidine rings is 1. The van der Waals surface area contributed by atoms with Crippen molar-refractivity contribution in [2.45, 2.75) is 30.9 Å². The molecule has 1 atom stereocenters. The molecule has 1 aliphatic heterocycles. The first-order chi connectivity index (χ1) is 11.9. The van der Waals surface area contributed by atoms with E-state index < -0.39 is 16.1 Å². The number of aromatic nitrogens is 4. The summed E-state index contributed by atoms with van der Waals surface area (Å²) in [5, 5.41) is 9.09. The van der Waals surface area contributed by atoms with Gasteiger partial charge in [0.15, 0.2) is 5.03 Å². The summed E-state index contributed by atoms with van der Waals surface area (Å²) in [6.07, 6.45) is 5.28. The Morgan fingerprint density at radius 3 is 2.80 bits per heavy atom. The van der Waals surface area contributed by atoms with E-state index >= 15 is 0 Å². The molecule has 3 rings (SSSR count). The molecule has 1 saturated heterocycles. The average Bonchev–Trinajstić information content (AvgIpc) is 2.95. The van der Waals surface area contributed by atoms with Gasteiger partial charge in [-0.1, -0.05) is 0 Å². The summed E-state index contributed by atoms with van der Waals surface area (Å²) < 4.78 is 34.4. The summed E-state index contributed by atoms with van der Waals surface area (Å²) in [5.41, 5.74) is 0.0860. The minimum Gasteiger partial charge on any atom is -0.471 e. The van der Waals surface area contributed by atoms with Gasteiger partial charge in [0.25, 0.3) is 15.9 Å². The summed E-state index contributed by atoms with van der Waals surface area (Å²) in [6, 6.07) is 1.92. The molecule has 9 nitrogen and oxygen atoms in total. The molecule has 1 aliphatic rings. The quantitative estimate of drug-likeness (QED) is 0.783. The molecule has 3 heterocycles. The average molecular weight is 362 g/mol. The first-order valence-corrected chi connectivity index (χ1v) is 9.23. The Balaban J connectivity index is 1.78. The lowest BCUT2D eigenvalue weighted by atomic mass is 10.1. The molecule has 2 aromatic rings. The zero-order valence-corrected chi connectivity index (χ0v) is 14.8. The van der Waals surface area contributed by atoms with Gasteiger partial charge in [0.05, 0.1) is 6.54 Å². The van der Waals surface area contributed by atoms with Gasteiger partial charge in [0, 0.05) is 32.2 Å². The van der Waals surface area contributed by atoms with Gasteiger partial charge >= 0.3 is 0 Å². The molecule has 25 heavy (non-hydrogen) atoms. The molecule has 0 amide bonds. The highest BCUT2D eigenvalue weighted by Gasteiger charge is 2.33. The van der Waals surface area contributed by atoms with Crippen molar-refractivity contribution in [1.29, 1.82) is 5.26 Å². The maximum absolute atomic E-state index is 12.8. The van der Waals surface area contributed by atoms with E-state index in [0.717, 1.165) is 0 Å². The largest absolute Gasteiger partial charge is 0.471 e. The van der Waals surface area contributed by atoms with Gasteiger partial charge in [-0.2, -0.15) is 9.57 Å². The van der Waals surface area contributed by atoms with E-state index in [-0.39, 0.29) is 23.1 Å². The minimum absolute atomic E-state index is 0.0327. The Kier molecular flexibility index (Phi) is 4.69. The zero-order chi connectivity index (χ0) is 18.0. The fraction of sp³-hybridized carbons (Fsp3) is 0.467. The van der Waals surface area contributed by atoms with E-state index in [1.54, 1.807) is 18.5 Å². The predicted octanol–water partition coefficient (Wildman–Crippen LogP) is 0.622. The van der Waals surface area contributed by atoms with Gasteiger partial charge in [0.2, 0.25) is 5.69 Å². The molecule has 0 spiro atoms. The van der Waals surface area contributed by atoms with Crippen LogP contribution in [0.5, 0.6) is 5.88 Å². The molecule has 0 N–H and O–H groups in total. The van der Waals surface area contributed by atoms with Crippen molar-refractivity contribution < 1.29 is 13.2 Å². The number of aryl methyl sites for hydroxylation is 2. The van der Waals surface area contributed by atoms with Gasteiger partial charge in [-0.3, -0.25) is 0 Å². The normalized spacial score (nSPS) is 18.7. The second-order valence-corrected chi connectivity index (χ2v) is 7.69. The molecule has 10 heteroatoms. The highest BCUT2D eigenvalue weighted by atomic mass is 32.2. The molecule has 1 unspecified atom stereocenters. The van der Waals surface area contributed by atoms with Crippen molar-refractivity contribution in [2.24, 2.45) is 7.05 Å². The summed E-state index contributed by atoms with van der Waals surface area (Å²) in [7, 11) is -1.93. The molecular weight excluding hydrogens is 344 g/mol. The highest BCUT2D eigenvalue weighted by Crippen LogP contribution is 2.23. The number of sulfonamides is 1. The van der Waals surface area contributed by atoms with E-state index in [1.165, 1.54) is 22.9 Å². The Morgan fingerprint density at radius 2 is 2.12 bits per heavy atom. The third-order valence-corrected chi connectivity index (χ3v) is 5.82. The summed E-state index contributed by atoms with van der Waals surface area (Å²) >= 11 is 0. The lowest BCUT2D eigenvalue weighted by Crippen LogP contribution is -2.44. The van der Waals surface area contributed by atoms with Crippen LogP contribution >= 0.6 is 0 Å². The summed E-state index contributed by atoms with van der Waals surface area (Å²) in [5.74, 6) is 0.754. The number of hydrogen-bond donors (Lipinski definition) is 0. The number of imidazole rings is 1. The number of rotatable bonds is 4. The van der Waals surface area contributed by atoms with Gasteiger partial charge in [-0.05, 0) is 19.8 Å². The maximum Gasteiger partial charge on any atom is 0.262 e. The third-order valence-electron chi connectivity index (χ3n) is 4.08. The van der Waals surface area contributed by atoms with E-state index in [9.17, 15) is 8.42 Å². The lowest BCUT2D eigenvalue weighted by molar-refractivity contribution is 0.123. The van der Waals surface area contributed by atoms with Crippen LogP contribution in [0.15, 0.2) is 23.6 Å². The molecule has 0 saturated carbocycles. The monoisotopic (exact) mass is 362 g/mol. The molecule has 0 aliphatic carbocycles. The fourth-order valence-corrected chi connectivity index (χ4v) is 4.18. The zero-order valence-electron chi connectivity index (χ0n) is 14.0. The van der Waals surface area contributed by atoms with Crippen LogP contribution in [-0.4, -0.2) is 51.4 Å². The van der Waals surface area contributed by atoms with Crippen LogP contribution in [0.1, 0.15) is 24.4 Å². The van der Waals surface area contributed by atoms with Gasteiger partial charge in [-0.25, -0.2) is 23.4 Å². The van der Waals surface area contributed by atoms with Crippen molar-refractivity contribution in [3.63, 3.8) is 0 Å². The molecule has 1 fully saturated rings. The first-order valence-electron chi connectivity index (χ1n) is 7.79. The minimum atomic E-state index is -3.68. The number of nitriles is 1. The first kappa shape index (κ1) is 17.3. The van der Waals surface area contributed by atoms with E-state index in [2.05, 4.69) is 15.0 Å². The van der Waals surface area contributed by atoms with Crippen LogP contribution in [0.25, 0.3) is 0 Å². The Labute approximate surface area is 146 Å². The van der Waals surface area contributed by atoms with Gasteiger partial charge < -0.3 is 9.30 Å². The lowest BCUT2D eigenvalue weighted by Gasteiger charge is -2.31. The number of nitrogens with zero attached hydrogens (tertiary/aromatic N) is 6. The molecule has 0 radical (unpaired) electrons. The summed E-state index contributed by atoms with van der Waals surface area (Å²) in [6.45, 7) is 2.33. The third kappa shape index (κ3) is 3.47. The second-order valence-electron chi connectivity index (χ2n) is 5.80. The molecular formula is C15H18N6O3S. The van der Waals surface area contributed by atoms with Crippen molar-refractivity contribution in [3.05, 3.63) is 30.1 Å². The molecule has 0 aromatic carbocycles. The topological polar surface area (TPSA) is 114 Å². The Morgan fingerprint density at radius 1 is 1.36 bits per heavy atom. The molecule has 132 valence electrons. The van der Waals surface area contributed by atoms with Crippen molar-refractivity contribution in [2.75, 3.05) is 13.1 Å². The van der Waals surface area contributed by atoms with Crippen LogP contribution in [0.2, 0.25) is 0 Å². The van der Waals surface area contributed by atoms with E-state index in [0.29, 0.717) is 25.2 Å². The van der Waals surface area contributed by atoms with Crippen molar-refractivity contribution in [3.8, 4) is 11.9 Å². The highest BCUT2D eigenvalue weighted by molar-refractivity contribution is 7.89. The fourth-order valence-electron chi connectivity index (χ4n) is 2.65. The van der Waals surface area contributed by atoms with Crippen LogP contribution in [0.4, 0.5) is 0 Å². The Bertz CT molecular complexity index is 898. The van der Waals surface area contributed by atoms with E-state index in [1.807, 2.05) is 6.07 Å². The molecule has 0 bridgehead atoms. The second kappa shape index (κ2) is 6.78. The van der Waals surface area contributed by atoms with Crippen LogP contribution in [0, 0.1) is 18.3 Å². The standard InChI is InChI=1S/C15H18N6O3S/c1-11-19-14(10-20(11)2)25(22,23)21-7-3-4-12(9-21)24-15-13(8-16)17-5-6-18-15/h5-6,10,12H,3-4,7,9H2,1-2H3. The Hall–Kier alpha value is -2.51. The number of ether oxygens (including phenoxy) is 1. The smallest absolute Gasteiger partial charge is 0.262 e. The van der Waals surface area contributed by atoms with Gasteiger partial charge in [-0.15, -0.1) is 0 Å². The maximum atomic E-state index is 12.8. The molecule has 2 aromatic heterocycles. The SMILES string of the molecule is Cc1nc(S(=O)(=O)N2CCCC(Oc3nccnc3C#N)C2)cn1C. The van der Waals surface area contributed by atoms with Crippen LogP contribution in [-0.2, 0) is 17.1 Å².